The molecular formula is C29H44O4. The second-order valence-corrected chi connectivity index (χ2v) is 10.5. The molecule has 2 aromatic carbocycles. The van der Waals surface area contributed by atoms with Crippen molar-refractivity contribution in [1.29, 1.82) is 0 Å². The number of aryl methyl sites for hydroxylation is 3. The van der Waals surface area contributed by atoms with Crippen molar-refractivity contribution in [2.75, 3.05) is 13.2 Å². The van der Waals surface area contributed by atoms with Gasteiger partial charge in [-0.1, -0.05) is 65.0 Å². The van der Waals surface area contributed by atoms with Crippen molar-refractivity contribution in [3.05, 3.63) is 64.2 Å². The van der Waals surface area contributed by atoms with Gasteiger partial charge in [0.25, 0.3) is 0 Å². The Kier molecular flexibility index (Phi) is 9.54. The maximum atomic E-state index is 10.3. The molecule has 0 aliphatic heterocycles. The normalized spacial score (nSPS) is 14.2. The highest BCUT2D eigenvalue weighted by molar-refractivity contribution is 5.47. The minimum Gasteiger partial charge on any atom is -0.491 e. The lowest BCUT2D eigenvalue weighted by molar-refractivity contribution is 0.0216. The summed E-state index contributed by atoms with van der Waals surface area (Å²) >= 11 is 0. The molecule has 4 heteroatoms. The van der Waals surface area contributed by atoms with Crippen LogP contribution < -0.4 is 4.74 Å². The average Bonchev–Trinajstić information content (AvgIpc) is 2.78. The first-order chi connectivity index (χ1) is 15.5. The molecule has 4 nitrogen and oxygen atoms in total. The van der Waals surface area contributed by atoms with Crippen molar-refractivity contribution in [2.24, 2.45) is 5.41 Å². The second-order valence-electron chi connectivity index (χ2n) is 10.5. The van der Waals surface area contributed by atoms with Crippen molar-refractivity contribution in [2.45, 2.75) is 91.8 Å². The molecule has 0 aliphatic rings. The Bertz CT molecular complexity index is 893. The molecule has 0 bridgehead atoms. The summed E-state index contributed by atoms with van der Waals surface area (Å²) in [6.45, 7) is 14.8. The van der Waals surface area contributed by atoms with Gasteiger partial charge in [0, 0.05) is 5.41 Å². The molecule has 0 aromatic heterocycles. The lowest BCUT2D eigenvalue weighted by Crippen LogP contribution is -2.32. The molecule has 0 saturated heterocycles. The van der Waals surface area contributed by atoms with Gasteiger partial charge in [0.2, 0.25) is 0 Å². The van der Waals surface area contributed by atoms with Gasteiger partial charge in [-0.25, -0.2) is 0 Å². The number of hydrogen-bond donors (Lipinski definition) is 3. The first kappa shape index (κ1) is 27.4. The van der Waals surface area contributed by atoms with Gasteiger partial charge >= 0.3 is 0 Å². The summed E-state index contributed by atoms with van der Waals surface area (Å²) in [6, 6.07) is 13.1. The maximum Gasteiger partial charge on any atom is 0.122 e. The Morgan fingerprint density at radius 1 is 0.879 bits per heavy atom. The molecule has 33 heavy (non-hydrogen) atoms. The fourth-order valence-corrected chi connectivity index (χ4v) is 4.45. The minimum atomic E-state index is -0.664. The Morgan fingerprint density at radius 3 is 1.94 bits per heavy atom. The fourth-order valence-electron chi connectivity index (χ4n) is 4.45. The third kappa shape index (κ3) is 6.59. The quantitative estimate of drug-likeness (QED) is 0.419. The Labute approximate surface area is 200 Å². The van der Waals surface area contributed by atoms with Crippen LogP contribution in [0.3, 0.4) is 0 Å². The number of hydrogen-bond acceptors (Lipinski definition) is 4. The van der Waals surface area contributed by atoms with Crippen molar-refractivity contribution in [1.82, 2.24) is 0 Å². The van der Waals surface area contributed by atoms with E-state index < -0.39 is 12.2 Å². The van der Waals surface area contributed by atoms with Crippen LogP contribution in [0.15, 0.2) is 36.4 Å². The molecule has 0 aliphatic carbocycles. The SMILES string of the molecule is CCC(CC)(c1ccc(CCC(O)CO)c(C)c1)c1ccc(OCC(O)C(C)(C)C)c(C)c1. The van der Waals surface area contributed by atoms with Gasteiger partial charge in [0.15, 0.2) is 0 Å². The zero-order valence-electron chi connectivity index (χ0n) is 21.6. The fraction of sp³-hybridized carbons (Fsp3) is 0.586. The van der Waals surface area contributed by atoms with E-state index in [1.54, 1.807) is 0 Å². The first-order valence-electron chi connectivity index (χ1n) is 12.3. The van der Waals surface area contributed by atoms with E-state index in [2.05, 4.69) is 58.0 Å². The van der Waals surface area contributed by atoms with Gasteiger partial charge in [-0.15, -0.1) is 0 Å². The topological polar surface area (TPSA) is 69.9 Å². The van der Waals surface area contributed by atoms with Crippen LogP contribution in [-0.2, 0) is 11.8 Å². The molecule has 0 saturated carbocycles. The van der Waals surface area contributed by atoms with Crippen LogP contribution in [0.4, 0.5) is 0 Å². The molecule has 0 radical (unpaired) electrons. The molecular weight excluding hydrogens is 412 g/mol. The highest BCUT2D eigenvalue weighted by atomic mass is 16.5. The van der Waals surface area contributed by atoms with E-state index in [-0.39, 0.29) is 24.0 Å². The first-order valence-corrected chi connectivity index (χ1v) is 12.3. The summed E-state index contributed by atoms with van der Waals surface area (Å²) in [5.74, 6) is 0.817. The minimum absolute atomic E-state index is 0.0951. The molecule has 2 aromatic rings. The summed E-state index contributed by atoms with van der Waals surface area (Å²) < 4.78 is 5.97. The largest absolute Gasteiger partial charge is 0.491 e. The third-order valence-corrected chi connectivity index (χ3v) is 7.18. The summed E-state index contributed by atoms with van der Waals surface area (Å²) in [7, 11) is 0. The zero-order chi connectivity index (χ0) is 24.8. The smallest absolute Gasteiger partial charge is 0.122 e. The summed E-state index contributed by atoms with van der Waals surface area (Å²) in [5, 5.41) is 29.1. The van der Waals surface area contributed by atoms with Crippen molar-refractivity contribution >= 4 is 0 Å². The van der Waals surface area contributed by atoms with E-state index in [1.807, 2.05) is 26.8 Å². The van der Waals surface area contributed by atoms with Crippen LogP contribution in [0, 0.1) is 19.3 Å². The van der Waals surface area contributed by atoms with Gasteiger partial charge in [-0.2, -0.15) is 0 Å². The molecule has 0 heterocycles. The highest BCUT2D eigenvalue weighted by Crippen LogP contribution is 2.41. The lowest BCUT2D eigenvalue weighted by Gasteiger charge is -2.34. The van der Waals surface area contributed by atoms with Gasteiger partial charge in [-0.05, 0) is 78.8 Å². The number of benzene rings is 2. The van der Waals surface area contributed by atoms with Crippen molar-refractivity contribution in [3.8, 4) is 5.75 Å². The van der Waals surface area contributed by atoms with E-state index in [1.165, 1.54) is 22.3 Å². The molecule has 0 fully saturated rings. The number of aliphatic hydroxyl groups is 3. The molecule has 2 unspecified atom stereocenters. The Morgan fingerprint density at radius 2 is 1.45 bits per heavy atom. The van der Waals surface area contributed by atoms with Gasteiger partial charge in [0.1, 0.15) is 12.4 Å². The Balaban J connectivity index is 2.31. The predicted octanol–water partition coefficient (Wildman–Crippen LogP) is 5.48. The number of ether oxygens (including phenoxy) is 1. The summed E-state index contributed by atoms with van der Waals surface area (Å²) in [6.07, 6.45) is 2.09. The van der Waals surface area contributed by atoms with Crippen LogP contribution >= 0.6 is 0 Å². The number of aliphatic hydroxyl groups excluding tert-OH is 3. The van der Waals surface area contributed by atoms with Crippen LogP contribution in [0.1, 0.15) is 81.7 Å². The van der Waals surface area contributed by atoms with E-state index in [9.17, 15) is 10.2 Å². The molecule has 3 N–H and O–H groups in total. The maximum absolute atomic E-state index is 10.3. The molecule has 184 valence electrons. The second kappa shape index (κ2) is 11.5. The van der Waals surface area contributed by atoms with Crippen LogP contribution in [0.25, 0.3) is 0 Å². The summed E-state index contributed by atoms with van der Waals surface area (Å²) in [4.78, 5) is 0. The molecule has 2 rings (SSSR count). The van der Waals surface area contributed by atoms with Crippen molar-refractivity contribution < 1.29 is 20.1 Å². The lowest BCUT2D eigenvalue weighted by atomic mass is 9.69. The highest BCUT2D eigenvalue weighted by Gasteiger charge is 2.31. The summed E-state index contributed by atoms with van der Waals surface area (Å²) in [5.41, 5.74) is 5.77. The zero-order valence-corrected chi connectivity index (χ0v) is 21.6. The van der Waals surface area contributed by atoms with Gasteiger partial charge in [-0.3, -0.25) is 0 Å². The van der Waals surface area contributed by atoms with E-state index in [4.69, 9.17) is 9.84 Å². The van der Waals surface area contributed by atoms with Crippen LogP contribution in [-0.4, -0.2) is 40.7 Å². The van der Waals surface area contributed by atoms with E-state index in [0.29, 0.717) is 6.42 Å². The third-order valence-electron chi connectivity index (χ3n) is 7.18. The van der Waals surface area contributed by atoms with Crippen LogP contribution in [0.2, 0.25) is 0 Å². The van der Waals surface area contributed by atoms with E-state index >= 15 is 0 Å². The van der Waals surface area contributed by atoms with Gasteiger partial charge < -0.3 is 20.1 Å². The van der Waals surface area contributed by atoms with Gasteiger partial charge in [0.05, 0.1) is 18.8 Å². The van der Waals surface area contributed by atoms with Crippen LogP contribution in [0.5, 0.6) is 5.75 Å². The monoisotopic (exact) mass is 456 g/mol. The predicted molar refractivity (Wildman–Crippen MR) is 136 cm³/mol. The standard InChI is InChI=1S/C29H44O4/c1-8-29(9-2,23-12-10-22(20(3)16-23)11-14-25(31)18-30)24-13-15-26(21(4)17-24)33-19-27(32)28(5,6)7/h10,12-13,15-17,25,27,30-32H,8-9,11,14,18-19H2,1-7H3. The van der Waals surface area contributed by atoms with Crippen molar-refractivity contribution in [3.63, 3.8) is 0 Å². The molecule has 2 atom stereocenters. The average molecular weight is 457 g/mol. The van der Waals surface area contributed by atoms with E-state index in [0.717, 1.165) is 30.6 Å². The molecule has 0 amide bonds. The molecule has 0 spiro atoms. The Hall–Kier alpha value is -1.88. The number of rotatable bonds is 11.